The zero-order valence-corrected chi connectivity index (χ0v) is 13.7. The third kappa shape index (κ3) is 3.97. The fraction of sp³-hybridized carbons (Fsp3) is 0.529. The van der Waals surface area contributed by atoms with Crippen LogP contribution < -0.4 is 0 Å². The first-order valence-electron chi connectivity index (χ1n) is 8.09. The van der Waals surface area contributed by atoms with Gasteiger partial charge in [-0.05, 0) is 31.4 Å². The monoisotopic (exact) mass is 320 g/mol. The third-order valence-electron chi connectivity index (χ3n) is 4.33. The maximum Gasteiger partial charge on any atom is 0.217 e. The van der Waals surface area contributed by atoms with Crippen molar-refractivity contribution in [3.63, 3.8) is 0 Å². The van der Waals surface area contributed by atoms with Gasteiger partial charge >= 0.3 is 0 Å². The van der Waals surface area contributed by atoms with Crippen molar-refractivity contribution in [1.82, 2.24) is 9.21 Å². The Balaban J connectivity index is 1.51. The first-order valence-corrected chi connectivity index (χ1v) is 9.59. The van der Waals surface area contributed by atoms with Crippen molar-refractivity contribution >= 4 is 16.1 Å². The normalized spacial score (nSPS) is 22.0. The molecule has 0 atom stereocenters. The van der Waals surface area contributed by atoms with Crippen LogP contribution in [0.3, 0.4) is 0 Å². The number of hydrogen-bond acceptors (Lipinski definition) is 3. The molecule has 0 radical (unpaired) electrons. The highest BCUT2D eigenvalue weighted by Crippen LogP contribution is 2.31. The van der Waals surface area contributed by atoms with Gasteiger partial charge in [-0.1, -0.05) is 42.5 Å². The molecule has 2 aliphatic rings. The maximum absolute atomic E-state index is 12.3. The van der Waals surface area contributed by atoms with Crippen LogP contribution in [-0.4, -0.2) is 55.6 Å². The highest BCUT2D eigenvalue weighted by molar-refractivity contribution is 7.90. The maximum atomic E-state index is 12.3. The Morgan fingerprint density at radius 1 is 1.05 bits per heavy atom. The van der Waals surface area contributed by atoms with Crippen LogP contribution in [0.15, 0.2) is 36.4 Å². The van der Waals surface area contributed by atoms with Gasteiger partial charge in [-0.25, -0.2) is 12.7 Å². The van der Waals surface area contributed by atoms with E-state index in [2.05, 4.69) is 29.2 Å². The zero-order chi connectivity index (χ0) is 15.4. The quantitative estimate of drug-likeness (QED) is 0.835. The lowest BCUT2D eigenvalue weighted by Gasteiger charge is -2.20. The molecule has 120 valence electrons. The molecule has 1 aromatic rings. The van der Waals surface area contributed by atoms with Gasteiger partial charge in [0.1, 0.15) is 0 Å². The molecule has 1 saturated carbocycles. The van der Waals surface area contributed by atoms with E-state index >= 15 is 0 Å². The largest absolute Gasteiger partial charge is 0.298 e. The van der Waals surface area contributed by atoms with Gasteiger partial charge < -0.3 is 0 Å². The lowest BCUT2D eigenvalue weighted by atomic mass is 10.2. The smallest absolute Gasteiger partial charge is 0.217 e. The van der Waals surface area contributed by atoms with E-state index in [9.17, 15) is 8.42 Å². The van der Waals surface area contributed by atoms with E-state index in [1.807, 2.05) is 18.2 Å². The van der Waals surface area contributed by atoms with E-state index in [4.69, 9.17) is 0 Å². The van der Waals surface area contributed by atoms with E-state index < -0.39 is 10.0 Å². The van der Waals surface area contributed by atoms with Gasteiger partial charge in [-0.15, -0.1) is 0 Å². The predicted octanol–water partition coefficient (Wildman–Crippen LogP) is 2.20. The van der Waals surface area contributed by atoms with Gasteiger partial charge in [0.05, 0.1) is 5.25 Å². The fourth-order valence-electron chi connectivity index (χ4n) is 2.86. The summed E-state index contributed by atoms with van der Waals surface area (Å²) in [6, 6.07) is 10.3. The fourth-order valence-corrected chi connectivity index (χ4v) is 4.74. The molecular weight excluding hydrogens is 296 g/mol. The molecule has 5 heteroatoms. The third-order valence-corrected chi connectivity index (χ3v) is 6.73. The van der Waals surface area contributed by atoms with Gasteiger partial charge in [-0.2, -0.15) is 0 Å². The molecule has 2 fully saturated rings. The molecule has 0 spiro atoms. The van der Waals surface area contributed by atoms with Gasteiger partial charge in [0.15, 0.2) is 0 Å². The molecule has 1 aliphatic heterocycles. The average molecular weight is 320 g/mol. The summed E-state index contributed by atoms with van der Waals surface area (Å²) >= 11 is 0. The van der Waals surface area contributed by atoms with E-state index in [0.717, 1.165) is 38.9 Å². The van der Waals surface area contributed by atoms with Gasteiger partial charge in [0.2, 0.25) is 10.0 Å². The summed E-state index contributed by atoms with van der Waals surface area (Å²) in [5.74, 6) is 0. The SMILES string of the molecule is O=S(=O)(C1CC1)N1CCCN(CC=Cc2ccccc2)CC1. The first-order chi connectivity index (χ1) is 10.7. The van der Waals surface area contributed by atoms with E-state index in [0.29, 0.717) is 13.1 Å². The average Bonchev–Trinajstić information content (AvgIpc) is 3.36. The molecule has 22 heavy (non-hydrogen) atoms. The number of rotatable bonds is 5. The molecule has 0 amide bonds. The minimum Gasteiger partial charge on any atom is -0.298 e. The minimum atomic E-state index is -3.01. The summed E-state index contributed by atoms with van der Waals surface area (Å²) < 4.78 is 26.3. The summed E-state index contributed by atoms with van der Waals surface area (Å²) in [5, 5.41) is -0.0861. The first kappa shape index (κ1) is 15.7. The van der Waals surface area contributed by atoms with E-state index in [-0.39, 0.29) is 5.25 Å². The molecule has 0 N–H and O–H groups in total. The topological polar surface area (TPSA) is 40.6 Å². The number of sulfonamides is 1. The Labute approximate surface area is 133 Å². The highest BCUT2D eigenvalue weighted by Gasteiger charge is 2.40. The second kappa shape index (κ2) is 6.94. The summed E-state index contributed by atoms with van der Waals surface area (Å²) in [4.78, 5) is 2.34. The Kier molecular flexibility index (Phi) is 4.96. The Bertz CT molecular complexity index is 609. The minimum absolute atomic E-state index is 0.0861. The molecule has 0 aromatic heterocycles. The van der Waals surface area contributed by atoms with Gasteiger partial charge in [0, 0.05) is 26.2 Å². The van der Waals surface area contributed by atoms with E-state index in [1.54, 1.807) is 4.31 Å². The number of benzene rings is 1. The molecule has 0 unspecified atom stereocenters. The van der Waals surface area contributed by atoms with Crippen molar-refractivity contribution in [1.29, 1.82) is 0 Å². The van der Waals surface area contributed by atoms with E-state index in [1.165, 1.54) is 5.56 Å². The van der Waals surface area contributed by atoms with Crippen LogP contribution in [0, 0.1) is 0 Å². The molecule has 4 nitrogen and oxygen atoms in total. The van der Waals surface area contributed by atoms with Gasteiger partial charge in [0.25, 0.3) is 0 Å². The molecule has 1 aliphatic carbocycles. The van der Waals surface area contributed by atoms with Crippen LogP contribution in [0.5, 0.6) is 0 Å². The summed E-state index contributed by atoms with van der Waals surface area (Å²) in [7, 11) is -3.01. The second-order valence-electron chi connectivity index (χ2n) is 6.11. The van der Waals surface area contributed by atoms with Crippen molar-refractivity contribution in [2.24, 2.45) is 0 Å². The van der Waals surface area contributed by atoms with Crippen molar-refractivity contribution in [2.45, 2.75) is 24.5 Å². The van der Waals surface area contributed by atoms with Crippen LogP contribution in [0.1, 0.15) is 24.8 Å². The van der Waals surface area contributed by atoms with Crippen LogP contribution in [-0.2, 0) is 10.0 Å². The zero-order valence-electron chi connectivity index (χ0n) is 12.9. The van der Waals surface area contributed by atoms with Crippen LogP contribution in [0.25, 0.3) is 6.08 Å². The lowest BCUT2D eigenvalue weighted by Crippen LogP contribution is -2.37. The molecule has 0 bridgehead atoms. The standard InChI is InChI=1S/C17H24N2O2S/c20-22(21,17-9-10-17)19-13-5-12-18(14-15-19)11-4-8-16-6-2-1-3-7-16/h1-4,6-8,17H,5,9-15H2. The van der Waals surface area contributed by atoms with Crippen LogP contribution >= 0.6 is 0 Å². The van der Waals surface area contributed by atoms with Crippen molar-refractivity contribution in [3.8, 4) is 0 Å². The Hall–Kier alpha value is -1.17. The number of hydrogen-bond donors (Lipinski definition) is 0. The summed E-state index contributed by atoms with van der Waals surface area (Å²) in [6.07, 6.45) is 6.92. The Morgan fingerprint density at radius 2 is 1.82 bits per heavy atom. The lowest BCUT2D eigenvalue weighted by molar-refractivity contribution is 0.316. The highest BCUT2D eigenvalue weighted by atomic mass is 32.2. The van der Waals surface area contributed by atoms with Gasteiger partial charge in [-0.3, -0.25) is 4.90 Å². The molecule has 3 rings (SSSR count). The molecular formula is C17H24N2O2S. The number of nitrogens with zero attached hydrogens (tertiary/aromatic N) is 2. The predicted molar refractivity (Wildman–Crippen MR) is 90.0 cm³/mol. The molecule has 1 heterocycles. The van der Waals surface area contributed by atoms with Crippen LogP contribution in [0.2, 0.25) is 0 Å². The van der Waals surface area contributed by atoms with Crippen molar-refractivity contribution in [3.05, 3.63) is 42.0 Å². The molecule has 1 aromatic carbocycles. The van der Waals surface area contributed by atoms with Crippen molar-refractivity contribution in [2.75, 3.05) is 32.7 Å². The summed E-state index contributed by atoms with van der Waals surface area (Å²) in [5.41, 5.74) is 1.20. The Morgan fingerprint density at radius 3 is 2.55 bits per heavy atom. The summed E-state index contributed by atoms with van der Waals surface area (Å²) in [6.45, 7) is 3.99. The molecule has 1 saturated heterocycles. The second-order valence-corrected chi connectivity index (χ2v) is 8.32. The van der Waals surface area contributed by atoms with Crippen LogP contribution in [0.4, 0.5) is 0 Å². The van der Waals surface area contributed by atoms with Crippen molar-refractivity contribution < 1.29 is 8.42 Å².